The second-order valence-electron chi connectivity index (χ2n) is 4.13. The fraction of sp³-hybridized carbons (Fsp3) is 0.417. The van der Waals surface area contributed by atoms with Crippen molar-refractivity contribution in [3.8, 4) is 0 Å². The number of fused-ring (bicyclic) bond motifs is 1. The summed E-state index contributed by atoms with van der Waals surface area (Å²) in [5.74, 6) is 0.849. The minimum Gasteiger partial charge on any atom is -0.345 e. The molecule has 1 aliphatic heterocycles. The first-order valence-electron chi connectivity index (χ1n) is 5.05. The molecule has 1 amide bonds. The highest BCUT2D eigenvalue weighted by atomic mass is 16.1. The normalized spacial score (nSPS) is 29.9. The van der Waals surface area contributed by atoms with Crippen molar-refractivity contribution >= 4 is 5.91 Å². The van der Waals surface area contributed by atoms with E-state index in [1.807, 2.05) is 6.08 Å². The molecule has 0 radical (unpaired) electrons. The number of rotatable bonds is 1. The van der Waals surface area contributed by atoms with Gasteiger partial charge in [-0.15, -0.1) is 0 Å². The lowest BCUT2D eigenvalue weighted by Crippen LogP contribution is -2.44. The van der Waals surface area contributed by atoms with Crippen LogP contribution in [0.4, 0.5) is 0 Å². The summed E-state index contributed by atoms with van der Waals surface area (Å²) in [5, 5.41) is 3.00. The number of hydrogen-bond acceptors (Lipinski definition) is 1. The van der Waals surface area contributed by atoms with Crippen LogP contribution in [-0.2, 0) is 4.79 Å². The van der Waals surface area contributed by atoms with E-state index in [9.17, 15) is 4.79 Å². The molecule has 0 aromatic heterocycles. The number of carbonyl (C=O) groups is 1. The molecule has 2 nitrogen and oxygen atoms in total. The van der Waals surface area contributed by atoms with Gasteiger partial charge in [-0.1, -0.05) is 38.2 Å². The van der Waals surface area contributed by atoms with Crippen LogP contribution >= 0.6 is 0 Å². The van der Waals surface area contributed by atoms with Crippen LogP contribution in [0, 0.1) is 11.8 Å². The van der Waals surface area contributed by atoms with E-state index < -0.39 is 0 Å². The summed E-state index contributed by atoms with van der Waals surface area (Å²) in [6.45, 7) is 4.32. The molecule has 2 rings (SSSR count). The number of nitrogens with one attached hydrogen (secondary N) is 1. The first-order valence-corrected chi connectivity index (χ1v) is 5.05. The third-order valence-corrected chi connectivity index (χ3v) is 2.80. The monoisotopic (exact) mass is 189 g/mol. The Hall–Kier alpha value is -1.31. The molecule has 2 unspecified atom stereocenters. The molecule has 2 aliphatic rings. The van der Waals surface area contributed by atoms with E-state index in [0.29, 0.717) is 11.8 Å². The molecule has 0 bridgehead atoms. The summed E-state index contributed by atoms with van der Waals surface area (Å²) in [6.07, 6.45) is 9.93. The SMILES string of the molecule is CC(C)C1=CC=CC2C=CC(=O)NC12. The average Bonchev–Trinajstić information content (AvgIpc) is 2.16. The molecule has 1 aliphatic carbocycles. The van der Waals surface area contributed by atoms with Gasteiger partial charge in [0.05, 0.1) is 6.04 Å². The van der Waals surface area contributed by atoms with E-state index in [1.54, 1.807) is 6.08 Å². The van der Waals surface area contributed by atoms with Gasteiger partial charge in [0.1, 0.15) is 0 Å². The van der Waals surface area contributed by atoms with E-state index in [4.69, 9.17) is 0 Å². The zero-order valence-corrected chi connectivity index (χ0v) is 8.53. The van der Waals surface area contributed by atoms with Crippen LogP contribution in [0.3, 0.4) is 0 Å². The van der Waals surface area contributed by atoms with Gasteiger partial charge in [0.15, 0.2) is 0 Å². The van der Waals surface area contributed by atoms with E-state index in [0.717, 1.165) is 0 Å². The molecule has 0 fully saturated rings. The van der Waals surface area contributed by atoms with Crippen molar-refractivity contribution in [2.24, 2.45) is 11.8 Å². The fourth-order valence-corrected chi connectivity index (χ4v) is 2.04. The Morgan fingerprint density at radius 1 is 1.36 bits per heavy atom. The van der Waals surface area contributed by atoms with Crippen molar-refractivity contribution in [1.82, 2.24) is 5.32 Å². The molecule has 0 aromatic rings. The van der Waals surface area contributed by atoms with Gasteiger partial charge >= 0.3 is 0 Å². The van der Waals surface area contributed by atoms with Crippen LogP contribution in [0.25, 0.3) is 0 Å². The first-order chi connectivity index (χ1) is 6.68. The molecule has 2 heteroatoms. The van der Waals surface area contributed by atoms with Crippen molar-refractivity contribution in [2.75, 3.05) is 0 Å². The maximum absolute atomic E-state index is 11.2. The molecular weight excluding hydrogens is 174 g/mol. The molecule has 0 saturated carbocycles. The summed E-state index contributed by atoms with van der Waals surface area (Å²) in [5.41, 5.74) is 1.32. The second-order valence-corrected chi connectivity index (χ2v) is 4.13. The lowest BCUT2D eigenvalue weighted by atomic mass is 9.81. The largest absolute Gasteiger partial charge is 0.345 e. The zero-order valence-electron chi connectivity index (χ0n) is 8.53. The predicted molar refractivity (Wildman–Crippen MR) is 56.6 cm³/mol. The second kappa shape index (κ2) is 3.45. The Morgan fingerprint density at radius 2 is 2.14 bits per heavy atom. The summed E-state index contributed by atoms with van der Waals surface area (Å²) in [6, 6.07) is 0.178. The maximum Gasteiger partial charge on any atom is 0.244 e. The third-order valence-electron chi connectivity index (χ3n) is 2.80. The van der Waals surface area contributed by atoms with Gasteiger partial charge < -0.3 is 5.32 Å². The van der Waals surface area contributed by atoms with E-state index >= 15 is 0 Å². The van der Waals surface area contributed by atoms with Crippen molar-refractivity contribution in [2.45, 2.75) is 19.9 Å². The molecule has 2 atom stereocenters. The molecule has 0 spiro atoms. The van der Waals surface area contributed by atoms with Gasteiger partial charge in [0.2, 0.25) is 5.91 Å². The molecule has 0 aromatic carbocycles. The number of allylic oxidation sites excluding steroid dienone is 2. The molecule has 1 N–H and O–H groups in total. The molecule has 74 valence electrons. The highest BCUT2D eigenvalue weighted by molar-refractivity contribution is 5.89. The lowest BCUT2D eigenvalue weighted by Gasteiger charge is -2.32. The average molecular weight is 189 g/mol. The molecular formula is C12H15NO. The fourth-order valence-electron chi connectivity index (χ4n) is 2.04. The van der Waals surface area contributed by atoms with Crippen molar-refractivity contribution in [1.29, 1.82) is 0 Å². The standard InChI is InChI=1S/C12H15NO/c1-8(2)10-5-3-4-9-6-7-11(14)13-12(9)10/h3-9,12H,1-2H3,(H,13,14). The van der Waals surface area contributed by atoms with E-state index in [2.05, 4.69) is 37.4 Å². The minimum absolute atomic E-state index is 0.0214. The number of amides is 1. The van der Waals surface area contributed by atoms with Gasteiger partial charge in [-0.3, -0.25) is 4.79 Å². The number of carbonyl (C=O) groups excluding carboxylic acids is 1. The molecule has 0 saturated heterocycles. The summed E-state index contributed by atoms with van der Waals surface area (Å²) in [7, 11) is 0. The summed E-state index contributed by atoms with van der Waals surface area (Å²) < 4.78 is 0. The first kappa shape index (κ1) is 9.25. The van der Waals surface area contributed by atoms with E-state index in [1.165, 1.54) is 5.57 Å². The van der Waals surface area contributed by atoms with Gasteiger partial charge in [-0.2, -0.15) is 0 Å². The van der Waals surface area contributed by atoms with Crippen molar-refractivity contribution in [3.63, 3.8) is 0 Å². The van der Waals surface area contributed by atoms with Crippen LogP contribution in [0.1, 0.15) is 13.8 Å². The number of hydrogen-bond donors (Lipinski definition) is 1. The lowest BCUT2D eigenvalue weighted by molar-refractivity contribution is -0.117. The topological polar surface area (TPSA) is 29.1 Å². The molecule has 1 heterocycles. The Morgan fingerprint density at radius 3 is 2.86 bits per heavy atom. The summed E-state index contributed by atoms with van der Waals surface area (Å²) in [4.78, 5) is 11.2. The van der Waals surface area contributed by atoms with Crippen LogP contribution < -0.4 is 5.32 Å². The highest BCUT2D eigenvalue weighted by Gasteiger charge is 2.28. The van der Waals surface area contributed by atoms with E-state index in [-0.39, 0.29) is 11.9 Å². The van der Waals surface area contributed by atoms with Gasteiger partial charge in [-0.05, 0) is 17.6 Å². The zero-order chi connectivity index (χ0) is 10.1. The van der Waals surface area contributed by atoms with Crippen LogP contribution in [0.5, 0.6) is 0 Å². The van der Waals surface area contributed by atoms with Crippen molar-refractivity contribution in [3.05, 3.63) is 36.0 Å². The van der Waals surface area contributed by atoms with Gasteiger partial charge in [0.25, 0.3) is 0 Å². The van der Waals surface area contributed by atoms with Gasteiger partial charge in [-0.25, -0.2) is 0 Å². The minimum atomic E-state index is 0.0214. The third kappa shape index (κ3) is 1.52. The van der Waals surface area contributed by atoms with Gasteiger partial charge in [0, 0.05) is 5.92 Å². The Labute approximate surface area is 84.4 Å². The molecule has 14 heavy (non-hydrogen) atoms. The Kier molecular flexibility index (Phi) is 2.28. The Balaban J connectivity index is 2.30. The van der Waals surface area contributed by atoms with Crippen LogP contribution in [0.15, 0.2) is 36.0 Å². The van der Waals surface area contributed by atoms with Crippen LogP contribution in [0.2, 0.25) is 0 Å². The highest BCUT2D eigenvalue weighted by Crippen LogP contribution is 2.27. The summed E-state index contributed by atoms with van der Waals surface area (Å²) >= 11 is 0. The smallest absolute Gasteiger partial charge is 0.244 e. The Bertz CT molecular complexity index is 336. The predicted octanol–water partition coefficient (Wildman–Crippen LogP) is 1.81. The van der Waals surface area contributed by atoms with Crippen molar-refractivity contribution < 1.29 is 4.79 Å². The maximum atomic E-state index is 11.2. The quantitative estimate of drug-likeness (QED) is 0.669. The van der Waals surface area contributed by atoms with Crippen LogP contribution in [-0.4, -0.2) is 11.9 Å².